The summed E-state index contributed by atoms with van der Waals surface area (Å²) in [6.45, 7) is 3.90. The molecule has 0 saturated carbocycles. The highest BCUT2D eigenvalue weighted by molar-refractivity contribution is 7.19. The summed E-state index contributed by atoms with van der Waals surface area (Å²) in [5, 5.41) is 0.733. The fraction of sp³-hybridized carbons (Fsp3) is 0.571. The van der Waals surface area contributed by atoms with Crippen LogP contribution in [0.3, 0.4) is 0 Å². The zero-order chi connectivity index (χ0) is 15.7. The summed E-state index contributed by atoms with van der Waals surface area (Å²) in [6.07, 6.45) is 2.24. The van der Waals surface area contributed by atoms with Crippen LogP contribution in [0.25, 0.3) is 0 Å². The molecule has 1 aliphatic heterocycles. The fourth-order valence-corrected chi connectivity index (χ4v) is 3.91. The Bertz CT molecular complexity index is 568. The van der Waals surface area contributed by atoms with E-state index >= 15 is 0 Å². The number of nitrogens with zero attached hydrogens (tertiary/aromatic N) is 2. The number of rotatable bonds is 3. The van der Waals surface area contributed by atoms with Gasteiger partial charge in [0.1, 0.15) is 9.88 Å². The third-order valence-corrected chi connectivity index (χ3v) is 4.97. The molecule has 4 N–H and O–H groups in total. The molecule has 2 amide bonds. The summed E-state index contributed by atoms with van der Waals surface area (Å²) in [5.41, 5.74) is 12.0. The van der Waals surface area contributed by atoms with Crippen LogP contribution < -0.4 is 16.4 Å². The maximum atomic E-state index is 12.2. The van der Waals surface area contributed by atoms with Gasteiger partial charge in [0.2, 0.25) is 0 Å². The van der Waals surface area contributed by atoms with Gasteiger partial charge in [-0.3, -0.25) is 9.59 Å². The number of carbonyl (C=O) groups is 2. The number of nitrogens with two attached hydrogens (primary N) is 2. The van der Waals surface area contributed by atoms with Crippen molar-refractivity contribution in [2.45, 2.75) is 19.8 Å². The molecule has 1 atom stereocenters. The highest BCUT2D eigenvalue weighted by atomic mass is 32.1. The molecular formula is C14H22N4O2S. The van der Waals surface area contributed by atoms with Crippen LogP contribution in [0.15, 0.2) is 0 Å². The number of hydrogen-bond donors (Lipinski definition) is 2. The third-order valence-electron chi connectivity index (χ3n) is 3.72. The molecular weight excluding hydrogens is 288 g/mol. The lowest BCUT2D eigenvalue weighted by atomic mass is 10.0. The van der Waals surface area contributed by atoms with E-state index in [2.05, 4.69) is 11.8 Å². The number of nitrogen functional groups attached to an aromatic ring is 1. The van der Waals surface area contributed by atoms with Crippen LogP contribution in [0.4, 0.5) is 10.7 Å². The Morgan fingerprint density at radius 1 is 1.38 bits per heavy atom. The van der Waals surface area contributed by atoms with Crippen LogP contribution in [0.2, 0.25) is 0 Å². The van der Waals surface area contributed by atoms with E-state index in [-0.39, 0.29) is 11.6 Å². The second-order valence-electron chi connectivity index (χ2n) is 5.78. The standard InChI is InChI=1S/C14H22N4O2S/c1-8-5-4-6-18(7-8)14-9(12(16)19)10(15)11(21-14)13(20)17(2)3/h8H,4-7,15H2,1-3H3,(H2,16,19). The third kappa shape index (κ3) is 2.97. The normalized spacial score (nSPS) is 18.6. The first kappa shape index (κ1) is 15.6. The van der Waals surface area contributed by atoms with Gasteiger partial charge in [-0.1, -0.05) is 6.92 Å². The van der Waals surface area contributed by atoms with Gasteiger partial charge in [-0.05, 0) is 18.8 Å². The molecule has 1 aromatic rings. The predicted molar refractivity (Wildman–Crippen MR) is 85.9 cm³/mol. The van der Waals surface area contributed by atoms with Crippen molar-refractivity contribution in [3.05, 3.63) is 10.4 Å². The van der Waals surface area contributed by atoms with Gasteiger partial charge in [0.15, 0.2) is 0 Å². The highest BCUT2D eigenvalue weighted by Crippen LogP contribution is 2.40. The van der Waals surface area contributed by atoms with Crippen molar-refractivity contribution in [1.82, 2.24) is 4.90 Å². The molecule has 0 aliphatic carbocycles. The lowest BCUT2D eigenvalue weighted by molar-refractivity contribution is 0.0833. The van der Waals surface area contributed by atoms with E-state index in [0.717, 1.165) is 24.5 Å². The number of hydrogen-bond acceptors (Lipinski definition) is 5. The van der Waals surface area contributed by atoms with Crippen LogP contribution in [0, 0.1) is 5.92 Å². The largest absolute Gasteiger partial charge is 0.397 e. The molecule has 0 spiro atoms. The molecule has 1 unspecified atom stereocenters. The Labute approximate surface area is 128 Å². The summed E-state index contributed by atoms with van der Waals surface area (Å²) in [7, 11) is 3.32. The number of thiophene rings is 1. The molecule has 2 heterocycles. The van der Waals surface area contributed by atoms with Crippen molar-refractivity contribution in [3.8, 4) is 0 Å². The van der Waals surface area contributed by atoms with E-state index in [1.165, 1.54) is 22.7 Å². The Morgan fingerprint density at radius 3 is 2.57 bits per heavy atom. The summed E-state index contributed by atoms with van der Waals surface area (Å²) in [6, 6.07) is 0. The van der Waals surface area contributed by atoms with E-state index in [9.17, 15) is 9.59 Å². The van der Waals surface area contributed by atoms with Crippen LogP contribution in [0.1, 0.15) is 39.8 Å². The molecule has 6 nitrogen and oxygen atoms in total. The molecule has 1 aliphatic rings. The molecule has 0 bridgehead atoms. The van der Waals surface area contributed by atoms with Crippen LogP contribution in [-0.4, -0.2) is 43.9 Å². The smallest absolute Gasteiger partial charge is 0.265 e. The molecule has 1 saturated heterocycles. The van der Waals surface area contributed by atoms with E-state index in [1.54, 1.807) is 14.1 Å². The summed E-state index contributed by atoms with van der Waals surface area (Å²) >= 11 is 1.27. The van der Waals surface area contributed by atoms with Gasteiger partial charge in [-0.2, -0.15) is 0 Å². The summed E-state index contributed by atoms with van der Waals surface area (Å²) < 4.78 is 0. The maximum absolute atomic E-state index is 12.2. The van der Waals surface area contributed by atoms with Crippen molar-refractivity contribution in [2.24, 2.45) is 11.7 Å². The minimum Gasteiger partial charge on any atom is -0.397 e. The van der Waals surface area contributed by atoms with Crippen LogP contribution in [0.5, 0.6) is 0 Å². The minimum atomic E-state index is -0.574. The van der Waals surface area contributed by atoms with Gasteiger partial charge in [0.05, 0.1) is 11.3 Å². The second-order valence-corrected chi connectivity index (χ2v) is 6.78. The number of piperidine rings is 1. The Morgan fingerprint density at radius 2 is 2.05 bits per heavy atom. The van der Waals surface area contributed by atoms with Gasteiger partial charge in [-0.15, -0.1) is 11.3 Å². The van der Waals surface area contributed by atoms with Crippen molar-refractivity contribution < 1.29 is 9.59 Å². The Hall–Kier alpha value is -1.76. The van der Waals surface area contributed by atoms with Crippen LogP contribution >= 0.6 is 11.3 Å². The first-order valence-corrected chi connectivity index (χ1v) is 7.83. The highest BCUT2D eigenvalue weighted by Gasteiger charge is 2.29. The zero-order valence-corrected chi connectivity index (χ0v) is 13.5. The van der Waals surface area contributed by atoms with Crippen molar-refractivity contribution >= 4 is 33.8 Å². The molecule has 1 aromatic heterocycles. The molecule has 116 valence electrons. The second kappa shape index (κ2) is 5.93. The van der Waals surface area contributed by atoms with E-state index in [0.29, 0.717) is 16.4 Å². The Kier molecular flexibility index (Phi) is 4.41. The van der Waals surface area contributed by atoms with Gasteiger partial charge in [0.25, 0.3) is 11.8 Å². The first-order chi connectivity index (χ1) is 9.82. The monoisotopic (exact) mass is 310 g/mol. The first-order valence-electron chi connectivity index (χ1n) is 7.01. The Balaban J connectivity index is 2.47. The minimum absolute atomic E-state index is 0.198. The van der Waals surface area contributed by atoms with Crippen molar-refractivity contribution in [2.75, 3.05) is 37.8 Å². The average molecular weight is 310 g/mol. The van der Waals surface area contributed by atoms with Gasteiger partial charge >= 0.3 is 0 Å². The number of primary amides is 1. The van der Waals surface area contributed by atoms with E-state index < -0.39 is 5.91 Å². The maximum Gasteiger partial charge on any atom is 0.265 e. The predicted octanol–water partition coefficient (Wildman–Crippen LogP) is 1.37. The molecule has 0 aromatic carbocycles. The zero-order valence-electron chi connectivity index (χ0n) is 12.7. The summed E-state index contributed by atoms with van der Waals surface area (Å²) in [4.78, 5) is 27.9. The summed E-state index contributed by atoms with van der Waals surface area (Å²) in [5.74, 6) is -0.220. The molecule has 2 rings (SSSR count). The van der Waals surface area contributed by atoms with Gasteiger partial charge < -0.3 is 21.3 Å². The van der Waals surface area contributed by atoms with Crippen LogP contribution in [-0.2, 0) is 0 Å². The number of anilines is 2. The molecule has 7 heteroatoms. The lowest BCUT2D eigenvalue weighted by Gasteiger charge is -2.32. The van der Waals surface area contributed by atoms with E-state index in [1.807, 2.05) is 0 Å². The topological polar surface area (TPSA) is 92.7 Å². The number of carbonyl (C=O) groups excluding carboxylic acids is 2. The lowest BCUT2D eigenvalue weighted by Crippen LogP contribution is -2.35. The van der Waals surface area contributed by atoms with Gasteiger partial charge in [-0.25, -0.2) is 0 Å². The molecule has 0 radical (unpaired) electrons. The molecule has 21 heavy (non-hydrogen) atoms. The number of amides is 2. The van der Waals surface area contributed by atoms with Crippen molar-refractivity contribution in [3.63, 3.8) is 0 Å². The quantitative estimate of drug-likeness (QED) is 0.882. The fourth-order valence-electron chi connectivity index (χ4n) is 2.63. The van der Waals surface area contributed by atoms with Gasteiger partial charge in [0, 0.05) is 27.2 Å². The van der Waals surface area contributed by atoms with E-state index in [4.69, 9.17) is 11.5 Å². The average Bonchev–Trinajstić information content (AvgIpc) is 2.75. The SMILES string of the molecule is CC1CCCN(c2sc(C(=O)N(C)C)c(N)c2C(N)=O)C1. The molecule has 1 fully saturated rings. The van der Waals surface area contributed by atoms with Crippen molar-refractivity contribution in [1.29, 1.82) is 0 Å².